The molecule has 0 spiro atoms. The van der Waals surface area contributed by atoms with Crippen LogP contribution in [0.3, 0.4) is 0 Å². The highest BCUT2D eigenvalue weighted by atomic mass is 32.2. The molecule has 0 aromatic carbocycles. The number of rotatable bonds is 9. The molecular formula is C14H27N3O2S2. The largest absolute Gasteiger partial charge is 0.315 e. The van der Waals surface area contributed by atoms with Crippen molar-refractivity contribution in [3.63, 3.8) is 0 Å². The molecule has 1 heterocycles. The Morgan fingerprint density at radius 2 is 2.05 bits per heavy atom. The van der Waals surface area contributed by atoms with Crippen molar-refractivity contribution in [1.82, 2.24) is 14.9 Å². The van der Waals surface area contributed by atoms with Crippen molar-refractivity contribution < 1.29 is 8.42 Å². The zero-order chi connectivity index (χ0) is 16.0. The van der Waals surface area contributed by atoms with E-state index in [9.17, 15) is 8.42 Å². The first-order chi connectivity index (χ1) is 9.77. The molecular weight excluding hydrogens is 306 g/mol. The van der Waals surface area contributed by atoms with Gasteiger partial charge in [-0.3, -0.25) is 0 Å². The lowest BCUT2D eigenvalue weighted by Gasteiger charge is -2.20. The smallest absolute Gasteiger partial charge is 0.241 e. The summed E-state index contributed by atoms with van der Waals surface area (Å²) in [6.45, 7) is 8.15. The summed E-state index contributed by atoms with van der Waals surface area (Å²) in [6, 6.07) is 2.24. The molecule has 7 heteroatoms. The fourth-order valence-corrected chi connectivity index (χ4v) is 4.64. The van der Waals surface area contributed by atoms with Crippen LogP contribution >= 0.6 is 11.3 Å². The lowest BCUT2D eigenvalue weighted by atomic mass is 10.3. The van der Waals surface area contributed by atoms with Gasteiger partial charge in [-0.15, -0.1) is 11.3 Å². The Kier molecular flexibility index (Phi) is 7.29. The average molecular weight is 334 g/mol. The van der Waals surface area contributed by atoms with Crippen LogP contribution in [0.4, 0.5) is 0 Å². The van der Waals surface area contributed by atoms with Gasteiger partial charge in [0.15, 0.2) is 0 Å². The monoisotopic (exact) mass is 333 g/mol. The molecule has 0 unspecified atom stereocenters. The second kappa shape index (κ2) is 8.24. The van der Waals surface area contributed by atoms with Gasteiger partial charge in [0.05, 0.1) is 4.90 Å². The maximum atomic E-state index is 12.3. The molecule has 0 radical (unpaired) electrons. The number of hydrogen-bond acceptors (Lipinski definition) is 5. The molecule has 0 saturated heterocycles. The standard InChI is InChI=1S/C14H27N3O2S2/c1-11(2)17(5)8-6-7-16-21(18,19)14-9-13(10-15-4)20-12(14)3/h9,11,15-16H,6-8,10H2,1-5H3. The summed E-state index contributed by atoms with van der Waals surface area (Å²) < 4.78 is 27.3. The molecule has 1 aromatic heterocycles. The van der Waals surface area contributed by atoms with Crippen molar-refractivity contribution in [2.75, 3.05) is 27.2 Å². The van der Waals surface area contributed by atoms with E-state index >= 15 is 0 Å². The lowest BCUT2D eigenvalue weighted by molar-refractivity contribution is 0.271. The first kappa shape index (κ1) is 18.6. The van der Waals surface area contributed by atoms with E-state index in [2.05, 4.69) is 28.8 Å². The van der Waals surface area contributed by atoms with Crippen LogP contribution in [0.5, 0.6) is 0 Å². The first-order valence-corrected chi connectivity index (χ1v) is 9.51. The third-order valence-corrected chi connectivity index (χ3v) is 6.19. The average Bonchev–Trinajstić information content (AvgIpc) is 2.76. The highest BCUT2D eigenvalue weighted by Gasteiger charge is 2.19. The van der Waals surface area contributed by atoms with Crippen LogP contribution in [0.15, 0.2) is 11.0 Å². The Bertz CT molecular complexity index is 538. The maximum absolute atomic E-state index is 12.3. The van der Waals surface area contributed by atoms with E-state index in [1.807, 2.05) is 21.0 Å². The van der Waals surface area contributed by atoms with Crippen LogP contribution in [0.25, 0.3) is 0 Å². The van der Waals surface area contributed by atoms with Crippen LogP contribution in [-0.2, 0) is 16.6 Å². The first-order valence-electron chi connectivity index (χ1n) is 7.21. The fraction of sp³-hybridized carbons (Fsp3) is 0.714. The molecule has 0 saturated carbocycles. The van der Waals surface area contributed by atoms with Crippen LogP contribution in [0.1, 0.15) is 30.0 Å². The SMILES string of the molecule is CNCc1cc(S(=O)(=O)NCCCN(C)C(C)C)c(C)s1. The molecule has 0 bridgehead atoms. The lowest BCUT2D eigenvalue weighted by Crippen LogP contribution is -2.31. The molecule has 5 nitrogen and oxygen atoms in total. The Morgan fingerprint density at radius 3 is 2.62 bits per heavy atom. The molecule has 0 fully saturated rings. The van der Waals surface area contributed by atoms with Crippen molar-refractivity contribution in [2.24, 2.45) is 0 Å². The Labute approximate surface area is 132 Å². The van der Waals surface area contributed by atoms with Gasteiger partial charge < -0.3 is 10.2 Å². The number of nitrogens with one attached hydrogen (secondary N) is 2. The minimum Gasteiger partial charge on any atom is -0.315 e. The van der Waals surface area contributed by atoms with Gasteiger partial charge in [-0.1, -0.05) is 0 Å². The van der Waals surface area contributed by atoms with E-state index in [1.54, 1.807) is 6.07 Å². The van der Waals surface area contributed by atoms with E-state index in [4.69, 9.17) is 0 Å². The molecule has 0 atom stereocenters. The molecule has 0 aliphatic heterocycles. The summed E-state index contributed by atoms with van der Waals surface area (Å²) in [7, 11) is 0.509. The van der Waals surface area contributed by atoms with Crippen LogP contribution in [0, 0.1) is 6.92 Å². The summed E-state index contributed by atoms with van der Waals surface area (Å²) in [5.74, 6) is 0. The quantitative estimate of drug-likeness (QED) is 0.676. The van der Waals surface area contributed by atoms with Gasteiger partial charge >= 0.3 is 0 Å². The number of thiophene rings is 1. The topological polar surface area (TPSA) is 61.4 Å². The summed E-state index contributed by atoms with van der Waals surface area (Å²) in [4.78, 5) is 4.49. The van der Waals surface area contributed by atoms with Crippen molar-refractivity contribution in [3.8, 4) is 0 Å². The Balaban J connectivity index is 2.57. The second-order valence-corrected chi connectivity index (χ2v) is 8.57. The third kappa shape index (κ3) is 5.67. The fourth-order valence-electron chi connectivity index (χ4n) is 1.92. The predicted octanol–water partition coefficient (Wildman–Crippen LogP) is 1.78. The van der Waals surface area contributed by atoms with Gasteiger partial charge in [-0.2, -0.15) is 0 Å². The molecule has 1 rings (SSSR count). The van der Waals surface area contributed by atoms with Crippen molar-refractivity contribution in [1.29, 1.82) is 0 Å². The minimum atomic E-state index is -3.39. The van der Waals surface area contributed by atoms with Gasteiger partial charge in [-0.25, -0.2) is 13.1 Å². The normalized spacial score (nSPS) is 12.5. The number of sulfonamides is 1. The van der Waals surface area contributed by atoms with Gasteiger partial charge in [0.2, 0.25) is 10.0 Å². The maximum Gasteiger partial charge on any atom is 0.241 e. The molecule has 21 heavy (non-hydrogen) atoms. The zero-order valence-electron chi connectivity index (χ0n) is 13.6. The minimum absolute atomic E-state index is 0.412. The Morgan fingerprint density at radius 1 is 1.38 bits per heavy atom. The van der Waals surface area contributed by atoms with Gasteiger partial charge in [0.25, 0.3) is 0 Å². The number of aryl methyl sites for hydroxylation is 1. The van der Waals surface area contributed by atoms with Gasteiger partial charge in [-0.05, 0) is 53.9 Å². The summed E-state index contributed by atoms with van der Waals surface area (Å²) in [5, 5.41) is 3.04. The van der Waals surface area contributed by atoms with Gasteiger partial charge in [0.1, 0.15) is 0 Å². The van der Waals surface area contributed by atoms with Crippen molar-refractivity contribution >= 4 is 21.4 Å². The number of hydrogen-bond donors (Lipinski definition) is 2. The van der Waals surface area contributed by atoms with Crippen LogP contribution in [0.2, 0.25) is 0 Å². The summed E-state index contributed by atoms with van der Waals surface area (Å²) >= 11 is 1.52. The highest BCUT2D eigenvalue weighted by Crippen LogP contribution is 2.25. The molecule has 0 amide bonds. The summed E-state index contributed by atoms with van der Waals surface area (Å²) in [5.41, 5.74) is 0. The third-order valence-electron chi connectivity index (χ3n) is 3.43. The van der Waals surface area contributed by atoms with E-state index in [0.717, 1.165) is 22.7 Å². The molecule has 0 aliphatic carbocycles. The highest BCUT2D eigenvalue weighted by molar-refractivity contribution is 7.89. The molecule has 0 aliphatic rings. The second-order valence-electron chi connectivity index (χ2n) is 5.49. The predicted molar refractivity (Wildman–Crippen MR) is 89.4 cm³/mol. The van der Waals surface area contributed by atoms with E-state index < -0.39 is 10.0 Å². The summed E-state index contributed by atoms with van der Waals surface area (Å²) in [6.07, 6.45) is 0.806. The van der Waals surface area contributed by atoms with Gasteiger partial charge in [0, 0.05) is 28.9 Å². The van der Waals surface area contributed by atoms with Crippen molar-refractivity contribution in [3.05, 3.63) is 15.8 Å². The molecule has 122 valence electrons. The zero-order valence-corrected chi connectivity index (χ0v) is 15.2. The Hall–Kier alpha value is -0.470. The number of nitrogens with zero attached hydrogens (tertiary/aromatic N) is 1. The van der Waals surface area contributed by atoms with Crippen molar-refractivity contribution in [2.45, 2.75) is 44.7 Å². The van der Waals surface area contributed by atoms with E-state index in [0.29, 0.717) is 24.0 Å². The van der Waals surface area contributed by atoms with E-state index in [1.165, 1.54) is 11.3 Å². The van der Waals surface area contributed by atoms with E-state index in [-0.39, 0.29) is 0 Å². The van der Waals surface area contributed by atoms with Crippen LogP contribution in [-0.4, -0.2) is 46.5 Å². The molecule has 1 aromatic rings. The molecule has 2 N–H and O–H groups in total. The van der Waals surface area contributed by atoms with Crippen LogP contribution < -0.4 is 10.0 Å².